The van der Waals surface area contributed by atoms with Crippen LogP contribution in [0.25, 0.3) is 0 Å². The lowest BCUT2D eigenvalue weighted by atomic mass is 10.2. The summed E-state index contributed by atoms with van der Waals surface area (Å²) in [5.41, 5.74) is 2.13. The Hall–Kier alpha value is -1.68. The van der Waals surface area contributed by atoms with Gasteiger partial charge in [0, 0.05) is 31.0 Å². The van der Waals surface area contributed by atoms with Crippen LogP contribution in [-0.2, 0) is 6.54 Å². The standard InChI is InChI=1S/C15H22N4/c1-4-12(2)19-10-8-14(18-19)11-17-13(3)15-7-5-6-9-16-15/h5-10,12-13,17H,4,11H2,1-3H3/t12?,13-/m1/s1. The van der Waals surface area contributed by atoms with Gasteiger partial charge in [-0.15, -0.1) is 0 Å². The molecule has 19 heavy (non-hydrogen) atoms. The van der Waals surface area contributed by atoms with E-state index in [1.165, 1.54) is 0 Å². The van der Waals surface area contributed by atoms with Gasteiger partial charge in [-0.1, -0.05) is 13.0 Å². The smallest absolute Gasteiger partial charge is 0.0762 e. The second-order valence-electron chi connectivity index (χ2n) is 4.90. The Morgan fingerprint density at radius 1 is 1.26 bits per heavy atom. The fourth-order valence-corrected chi connectivity index (χ4v) is 1.90. The van der Waals surface area contributed by atoms with Crippen molar-refractivity contribution >= 4 is 0 Å². The molecule has 0 aromatic carbocycles. The summed E-state index contributed by atoms with van der Waals surface area (Å²) in [5.74, 6) is 0. The van der Waals surface area contributed by atoms with Crippen molar-refractivity contribution in [1.82, 2.24) is 20.1 Å². The van der Waals surface area contributed by atoms with Crippen molar-refractivity contribution in [3.8, 4) is 0 Å². The van der Waals surface area contributed by atoms with Gasteiger partial charge in [0.25, 0.3) is 0 Å². The topological polar surface area (TPSA) is 42.7 Å². The molecule has 102 valence electrons. The highest BCUT2D eigenvalue weighted by molar-refractivity contribution is 5.08. The molecule has 2 aromatic heterocycles. The molecule has 0 bridgehead atoms. The molecule has 0 aliphatic heterocycles. The van der Waals surface area contributed by atoms with Gasteiger partial charge in [0.2, 0.25) is 0 Å². The molecule has 2 aromatic rings. The molecule has 0 radical (unpaired) electrons. The average molecular weight is 258 g/mol. The molecule has 2 heterocycles. The number of aromatic nitrogens is 3. The van der Waals surface area contributed by atoms with Crippen LogP contribution in [0.3, 0.4) is 0 Å². The van der Waals surface area contributed by atoms with Crippen molar-refractivity contribution in [2.24, 2.45) is 0 Å². The minimum atomic E-state index is 0.231. The molecule has 1 N–H and O–H groups in total. The highest BCUT2D eigenvalue weighted by Gasteiger charge is 2.08. The van der Waals surface area contributed by atoms with E-state index in [9.17, 15) is 0 Å². The molecule has 0 saturated carbocycles. The van der Waals surface area contributed by atoms with Crippen molar-refractivity contribution in [3.05, 3.63) is 48.0 Å². The van der Waals surface area contributed by atoms with Gasteiger partial charge >= 0.3 is 0 Å². The van der Waals surface area contributed by atoms with Crippen molar-refractivity contribution in [1.29, 1.82) is 0 Å². The molecule has 0 spiro atoms. The third kappa shape index (κ3) is 3.64. The number of nitrogens with one attached hydrogen (secondary N) is 1. The van der Waals surface area contributed by atoms with Crippen LogP contribution in [-0.4, -0.2) is 14.8 Å². The summed E-state index contributed by atoms with van der Waals surface area (Å²) in [5, 5.41) is 8.03. The van der Waals surface area contributed by atoms with E-state index in [2.05, 4.69) is 48.4 Å². The monoisotopic (exact) mass is 258 g/mol. The van der Waals surface area contributed by atoms with Crippen molar-refractivity contribution in [3.63, 3.8) is 0 Å². The highest BCUT2D eigenvalue weighted by Crippen LogP contribution is 2.11. The highest BCUT2D eigenvalue weighted by atomic mass is 15.3. The van der Waals surface area contributed by atoms with Gasteiger partial charge in [-0.25, -0.2) is 0 Å². The van der Waals surface area contributed by atoms with E-state index in [1.807, 2.05) is 29.1 Å². The van der Waals surface area contributed by atoms with Crippen LogP contribution in [0.15, 0.2) is 36.7 Å². The predicted octanol–water partition coefficient (Wildman–Crippen LogP) is 3.10. The Balaban J connectivity index is 1.90. The van der Waals surface area contributed by atoms with E-state index in [-0.39, 0.29) is 6.04 Å². The molecule has 4 nitrogen and oxygen atoms in total. The first-order chi connectivity index (χ1) is 9.20. The van der Waals surface area contributed by atoms with E-state index < -0.39 is 0 Å². The summed E-state index contributed by atoms with van der Waals surface area (Å²) >= 11 is 0. The van der Waals surface area contributed by atoms with Crippen LogP contribution >= 0.6 is 0 Å². The lowest BCUT2D eigenvalue weighted by Crippen LogP contribution is -2.19. The van der Waals surface area contributed by atoms with Gasteiger partial charge in [0.05, 0.1) is 11.4 Å². The van der Waals surface area contributed by atoms with E-state index >= 15 is 0 Å². The summed E-state index contributed by atoms with van der Waals surface area (Å²) in [6, 6.07) is 8.75. The van der Waals surface area contributed by atoms with Crippen molar-refractivity contribution in [2.45, 2.75) is 45.8 Å². The quantitative estimate of drug-likeness (QED) is 0.865. The van der Waals surface area contributed by atoms with E-state index in [4.69, 9.17) is 0 Å². The zero-order valence-electron chi connectivity index (χ0n) is 11.9. The lowest BCUT2D eigenvalue weighted by molar-refractivity contribution is 0.467. The first kappa shape index (κ1) is 13.7. The Morgan fingerprint density at radius 3 is 2.79 bits per heavy atom. The average Bonchev–Trinajstić information content (AvgIpc) is 2.93. The number of nitrogens with zero attached hydrogens (tertiary/aromatic N) is 3. The number of pyridine rings is 1. The summed E-state index contributed by atoms with van der Waals surface area (Å²) in [6.07, 6.45) is 4.97. The first-order valence-corrected chi connectivity index (χ1v) is 6.89. The molecular weight excluding hydrogens is 236 g/mol. The molecule has 0 aliphatic rings. The van der Waals surface area contributed by atoms with Crippen LogP contribution in [0.5, 0.6) is 0 Å². The minimum Gasteiger partial charge on any atom is -0.303 e. The van der Waals surface area contributed by atoms with Gasteiger partial charge in [-0.3, -0.25) is 9.67 Å². The maximum atomic E-state index is 4.58. The van der Waals surface area contributed by atoms with Crippen molar-refractivity contribution in [2.75, 3.05) is 0 Å². The van der Waals surface area contributed by atoms with E-state index in [1.54, 1.807) is 0 Å². The summed E-state index contributed by atoms with van der Waals surface area (Å²) in [4.78, 5) is 4.35. The largest absolute Gasteiger partial charge is 0.303 e. The summed E-state index contributed by atoms with van der Waals surface area (Å²) < 4.78 is 2.03. The van der Waals surface area contributed by atoms with Gasteiger partial charge in [-0.05, 0) is 38.5 Å². The Kier molecular flexibility index (Phi) is 4.68. The first-order valence-electron chi connectivity index (χ1n) is 6.89. The number of hydrogen-bond acceptors (Lipinski definition) is 3. The zero-order valence-corrected chi connectivity index (χ0v) is 11.9. The van der Waals surface area contributed by atoms with Crippen LogP contribution in [0.4, 0.5) is 0 Å². The molecule has 0 fully saturated rings. The second-order valence-corrected chi connectivity index (χ2v) is 4.90. The maximum absolute atomic E-state index is 4.58. The molecule has 1 unspecified atom stereocenters. The molecular formula is C15H22N4. The van der Waals surface area contributed by atoms with Gasteiger partial charge in [0.15, 0.2) is 0 Å². The lowest BCUT2D eigenvalue weighted by Gasteiger charge is -2.12. The Bertz CT molecular complexity index is 492. The summed E-state index contributed by atoms with van der Waals surface area (Å²) in [6.45, 7) is 7.24. The molecule has 0 saturated heterocycles. The normalized spacial score (nSPS) is 14.3. The molecule has 0 amide bonds. The van der Waals surface area contributed by atoms with E-state index in [0.29, 0.717) is 6.04 Å². The molecule has 2 atom stereocenters. The third-order valence-electron chi connectivity index (χ3n) is 3.43. The van der Waals surface area contributed by atoms with Crippen LogP contribution in [0.1, 0.15) is 50.7 Å². The number of hydrogen-bond donors (Lipinski definition) is 1. The fraction of sp³-hybridized carbons (Fsp3) is 0.467. The number of rotatable bonds is 6. The predicted molar refractivity (Wildman–Crippen MR) is 76.7 cm³/mol. The fourth-order valence-electron chi connectivity index (χ4n) is 1.90. The van der Waals surface area contributed by atoms with Crippen molar-refractivity contribution < 1.29 is 0 Å². The SMILES string of the molecule is CCC(C)n1ccc(CN[C@H](C)c2ccccn2)n1. The third-order valence-corrected chi connectivity index (χ3v) is 3.43. The Morgan fingerprint density at radius 2 is 2.11 bits per heavy atom. The second kappa shape index (κ2) is 6.48. The summed E-state index contributed by atoms with van der Waals surface area (Å²) in [7, 11) is 0. The van der Waals surface area contributed by atoms with Crippen LogP contribution in [0.2, 0.25) is 0 Å². The van der Waals surface area contributed by atoms with Crippen LogP contribution < -0.4 is 5.32 Å². The molecule has 2 rings (SSSR count). The van der Waals surface area contributed by atoms with Gasteiger partial charge in [-0.2, -0.15) is 5.10 Å². The zero-order chi connectivity index (χ0) is 13.7. The van der Waals surface area contributed by atoms with Crippen LogP contribution in [0, 0.1) is 0 Å². The molecule has 4 heteroatoms. The van der Waals surface area contributed by atoms with Gasteiger partial charge < -0.3 is 5.32 Å². The maximum Gasteiger partial charge on any atom is 0.0762 e. The van der Waals surface area contributed by atoms with E-state index in [0.717, 1.165) is 24.4 Å². The minimum absolute atomic E-state index is 0.231. The Labute approximate surface area is 114 Å². The molecule has 0 aliphatic carbocycles. The van der Waals surface area contributed by atoms with Gasteiger partial charge in [0.1, 0.15) is 0 Å².